The van der Waals surface area contributed by atoms with Crippen molar-refractivity contribution in [2.75, 3.05) is 13.1 Å². The van der Waals surface area contributed by atoms with Crippen LogP contribution in [-0.2, 0) is 6.54 Å². The molecule has 2 atom stereocenters. The van der Waals surface area contributed by atoms with Crippen LogP contribution in [0, 0.1) is 5.92 Å². The first-order valence-corrected chi connectivity index (χ1v) is 7.04. The van der Waals surface area contributed by atoms with Crippen molar-refractivity contribution in [2.45, 2.75) is 25.9 Å². The summed E-state index contributed by atoms with van der Waals surface area (Å²) in [7, 11) is 0. The average Bonchev–Trinajstić information content (AvgIpc) is 2.43. The molecule has 1 aromatic carbocycles. The van der Waals surface area contributed by atoms with Gasteiger partial charge in [0.15, 0.2) is 0 Å². The molecular weight excluding hydrogens is 234 g/mol. The molecular formula is C16H21N3. The monoisotopic (exact) mass is 255 g/mol. The lowest BCUT2D eigenvalue weighted by Gasteiger charge is -2.35. The number of nitrogens with zero attached hydrogens (tertiary/aromatic N) is 2. The van der Waals surface area contributed by atoms with Crippen molar-refractivity contribution >= 4 is 10.9 Å². The van der Waals surface area contributed by atoms with Gasteiger partial charge in [0.25, 0.3) is 0 Å². The first-order chi connectivity index (χ1) is 9.24. The Hall–Kier alpha value is -1.45. The Morgan fingerprint density at radius 2 is 2.16 bits per heavy atom. The van der Waals surface area contributed by atoms with Gasteiger partial charge in [0, 0.05) is 30.7 Å². The van der Waals surface area contributed by atoms with E-state index in [1.165, 1.54) is 17.4 Å². The molecule has 0 bridgehead atoms. The fraction of sp³-hybridized carbons (Fsp3) is 0.438. The summed E-state index contributed by atoms with van der Waals surface area (Å²) in [6.07, 6.45) is 3.11. The van der Waals surface area contributed by atoms with Crippen molar-refractivity contribution in [3.63, 3.8) is 0 Å². The predicted octanol–water partition coefficient (Wildman–Crippen LogP) is 2.40. The van der Waals surface area contributed by atoms with Crippen molar-refractivity contribution in [1.82, 2.24) is 9.88 Å². The molecule has 2 N–H and O–H groups in total. The first kappa shape index (κ1) is 12.6. The van der Waals surface area contributed by atoms with Crippen LogP contribution < -0.4 is 5.73 Å². The van der Waals surface area contributed by atoms with Crippen LogP contribution in [-0.4, -0.2) is 29.0 Å². The van der Waals surface area contributed by atoms with Gasteiger partial charge in [0.1, 0.15) is 0 Å². The van der Waals surface area contributed by atoms with E-state index in [1.54, 1.807) is 0 Å². The zero-order valence-corrected chi connectivity index (χ0v) is 11.4. The summed E-state index contributed by atoms with van der Waals surface area (Å²) < 4.78 is 0. The number of fused-ring (bicyclic) bond motifs is 1. The fourth-order valence-corrected chi connectivity index (χ4v) is 2.85. The van der Waals surface area contributed by atoms with Crippen molar-refractivity contribution < 1.29 is 0 Å². The number of benzene rings is 1. The van der Waals surface area contributed by atoms with Crippen molar-refractivity contribution in [1.29, 1.82) is 0 Å². The lowest BCUT2D eigenvalue weighted by molar-refractivity contribution is 0.162. The quantitative estimate of drug-likeness (QED) is 0.896. The Morgan fingerprint density at radius 1 is 1.32 bits per heavy atom. The molecule has 2 unspecified atom stereocenters. The molecule has 1 aromatic heterocycles. The van der Waals surface area contributed by atoms with Gasteiger partial charge in [0.05, 0.1) is 5.52 Å². The number of pyridine rings is 1. The smallest absolute Gasteiger partial charge is 0.0705 e. The Morgan fingerprint density at radius 3 is 3.00 bits per heavy atom. The molecule has 100 valence electrons. The maximum absolute atomic E-state index is 6.18. The summed E-state index contributed by atoms with van der Waals surface area (Å²) in [6, 6.07) is 10.8. The molecule has 0 amide bonds. The molecule has 19 heavy (non-hydrogen) atoms. The second-order valence-corrected chi connectivity index (χ2v) is 5.65. The zero-order chi connectivity index (χ0) is 13.2. The van der Waals surface area contributed by atoms with Crippen LogP contribution in [0.25, 0.3) is 10.9 Å². The highest BCUT2D eigenvalue weighted by molar-refractivity contribution is 5.81. The van der Waals surface area contributed by atoms with Crippen LogP contribution >= 0.6 is 0 Å². The topological polar surface area (TPSA) is 42.2 Å². The third kappa shape index (κ3) is 2.62. The Balaban J connectivity index is 1.82. The normalized spacial score (nSPS) is 24.7. The van der Waals surface area contributed by atoms with Gasteiger partial charge in [-0.05, 0) is 36.6 Å². The van der Waals surface area contributed by atoms with E-state index in [-0.39, 0.29) is 0 Å². The summed E-state index contributed by atoms with van der Waals surface area (Å²) in [5.74, 6) is 0.644. The Bertz CT molecular complexity index is 561. The lowest BCUT2D eigenvalue weighted by Crippen LogP contribution is -2.47. The van der Waals surface area contributed by atoms with Gasteiger partial charge in [-0.2, -0.15) is 0 Å². The number of aromatic nitrogens is 1. The first-order valence-electron chi connectivity index (χ1n) is 7.04. The number of piperidine rings is 1. The molecule has 0 saturated carbocycles. The highest BCUT2D eigenvalue weighted by Gasteiger charge is 2.23. The maximum atomic E-state index is 6.18. The van der Waals surface area contributed by atoms with Crippen LogP contribution in [0.3, 0.4) is 0 Å². The van der Waals surface area contributed by atoms with Gasteiger partial charge in [-0.25, -0.2) is 0 Å². The van der Waals surface area contributed by atoms with E-state index >= 15 is 0 Å². The van der Waals surface area contributed by atoms with Gasteiger partial charge < -0.3 is 5.73 Å². The summed E-state index contributed by atoms with van der Waals surface area (Å²) in [5.41, 5.74) is 8.61. The number of para-hydroxylation sites is 1. The van der Waals surface area contributed by atoms with Gasteiger partial charge in [-0.15, -0.1) is 0 Å². The SMILES string of the molecule is CC1CCN(Cc2ccnc3ccccc23)CC1N. The van der Waals surface area contributed by atoms with E-state index in [1.807, 2.05) is 12.3 Å². The highest BCUT2D eigenvalue weighted by atomic mass is 15.1. The van der Waals surface area contributed by atoms with Crippen molar-refractivity contribution in [3.8, 4) is 0 Å². The summed E-state index contributed by atoms with van der Waals surface area (Å²) in [6.45, 7) is 5.37. The van der Waals surface area contributed by atoms with Gasteiger partial charge in [-0.3, -0.25) is 9.88 Å². The Labute approximate surface area is 114 Å². The highest BCUT2D eigenvalue weighted by Crippen LogP contribution is 2.21. The maximum Gasteiger partial charge on any atom is 0.0705 e. The second-order valence-electron chi connectivity index (χ2n) is 5.65. The Kier molecular flexibility index (Phi) is 3.49. The molecule has 1 aliphatic rings. The number of nitrogens with two attached hydrogens (primary N) is 1. The third-order valence-electron chi connectivity index (χ3n) is 4.23. The number of hydrogen-bond donors (Lipinski definition) is 1. The molecule has 1 saturated heterocycles. The molecule has 0 spiro atoms. The largest absolute Gasteiger partial charge is 0.326 e. The van der Waals surface area contributed by atoms with E-state index in [9.17, 15) is 0 Å². The molecule has 0 aliphatic carbocycles. The van der Waals surface area contributed by atoms with E-state index < -0.39 is 0 Å². The number of hydrogen-bond acceptors (Lipinski definition) is 3. The van der Waals surface area contributed by atoms with E-state index in [4.69, 9.17) is 5.73 Å². The molecule has 3 nitrogen and oxygen atoms in total. The van der Waals surface area contributed by atoms with Gasteiger partial charge >= 0.3 is 0 Å². The van der Waals surface area contributed by atoms with E-state index in [0.29, 0.717) is 12.0 Å². The lowest BCUT2D eigenvalue weighted by atomic mass is 9.94. The van der Waals surface area contributed by atoms with Crippen molar-refractivity contribution in [3.05, 3.63) is 42.1 Å². The molecule has 3 rings (SSSR count). The minimum absolute atomic E-state index is 0.307. The van der Waals surface area contributed by atoms with Crippen LogP contribution in [0.2, 0.25) is 0 Å². The van der Waals surface area contributed by atoms with E-state index in [2.05, 4.69) is 41.1 Å². The predicted molar refractivity (Wildman–Crippen MR) is 78.8 cm³/mol. The molecule has 2 aromatic rings. The summed E-state index contributed by atoms with van der Waals surface area (Å²) in [4.78, 5) is 6.88. The second kappa shape index (κ2) is 5.27. The van der Waals surface area contributed by atoms with Gasteiger partial charge in [-0.1, -0.05) is 25.1 Å². The molecule has 2 heterocycles. The summed E-state index contributed by atoms with van der Waals surface area (Å²) >= 11 is 0. The summed E-state index contributed by atoms with van der Waals surface area (Å²) in [5, 5.41) is 1.26. The van der Waals surface area contributed by atoms with Crippen molar-refractivity contribution in [2.24, 2.45) is 11.7 Å². The van der Waals surface area contributed by atoms with Crippen LogP contribution in [0.1, 0.15) is 18.9 Å². The van der Waals surface area contributed by atoms with Crippen LogP contribution in [0.15, 0.2) is 36.5 Å². The molecule has 1 aliphatic heterocycles. The fourth-order valence-electron chi connectivity index (χ4n) is 2.85. The van der Waals surface area contributed by atoms with Gasteiger partial charge in [0.2, 0.25) is 0 Å². The van der Waals surface area contributed by atoms with Crippen LogP contribution in [0.4, 0.5) is 0 Å². The standard InChI is InChI=1S/C16H21N3/c1-12-7-9-19(11-15(12)17)10-13-6-8-18-16-5-3-2-4-14(13)16/h2-6,8,12,15H,7,9-11,17H2,1H3. The molecule has 0 radical (unpaired) electrons. The third-order valence-corrected chi connectivity index (χ3v) is 4.23. The molecule has 1 fully saturated rings. The zero-order valence-electron chi connectivity index (χ0n) is 11.4. The molecule has 3 heteroatoms. The average molecular weight is 255 g/mol. The minimum Gasteiger partial charge on any atom is -0.326 e. The van der Waals surface area contributed by atoms with Crippen LogP contribution in [0.5, 0.6) is 0 Å². The van der Waals surface area contributed by atoms with E-state index in [0.717, 1.165) is 25.2 Å². The minimum atomic E-state index is 0.307. The number of rotatable bonds is 2. The number of likely N-dealkylation sites (tertiary alicyclic amines) is 1.